The second kappa shape index (κ2) is 7.58. The fraction of sp³-hybridized carbons (Fsp3) is 0.263. The summed E-state index contributed by atoms with van der Waals surface area (Å²) >= 11 is 0. The number of aryl methyl sites for hydroxylation is 2. The number of benzene rings is 2. The first-order valence-electron chi connectivity index (χ1n) is 7.60. The highest BCUT2D eigenvalue weighted by molar-refractivity contribution is 5.96. The molecule has 0 unspecified atom stereocenters. The molecular formula is C19H22N2O2. The number of nitrogens with one attached hydrogen (secondary N) is 1. The molecule has 0 bridgehead atoms. The summed E-state index contributed by atoms with van der Waals surface area (Å²) in [7, 11) is 1.73. The number of hydrogen-bond donors (Lipinski definition) is 1. The fourth-order valence-electron chi connectivity index (χ4n) is 2.22. The third-order valence-corrected chi connectivity index (χ3v) is 3.86. The van der Waals surface area contributed by atoms with Crippen LogP contribution in [0.4, 0.5) is 0 Å². The lowest BCUT2D eigenvalue weighted by Gasteiger charge is -2.17. The van der Waals surface area contributed by atoms with Crippen molar-refractivity contribution in [2.24, 2.45) is 0 Å². The number of carbonyl (C=O) groups excluding carboxylic acids is 2. The monoisotopic (exact) mass is 310 g/mol. The van der Waals surface area contributed by atoms with Crippen LogP contribution in [0.25, 0.3) is 0 Å². The van der Waals surface area contributed by atoms with Gasteiger partial charge in [-0.15, -0.1) is 0 Å². The summed E-state index contributed by atoms with van der Waals surface area (Å²) < 4.78 is 0. The molecule has 0 aliphatic rings. The van der Waals surface area contributed by atoms with Crippen molar-refractivity contribution in [1.29, 1.82) is 0 Å². The summed E-state index contributed by atoms with van der Waals surface area (Å²) in [5.41, 5.74) is 3.83. The molecule has 0 radical (unpaired) electrons. The molecule has 0 aliphatic heterocycles. The summed E-state index contributed by atoms with van der Waals surface area (Å²) in [6.45, 7) is 4.48. The summed E-state index contributed by atoms with van der Waals surface area (Å²) in [5.74, 6) is -0.347. The Morgan fingerprint density at radius 2 is 1.70 bits per heavy atom. The van der Waals surface area contributed by atoms with E-state index in [1.54, 1.807) is 18.0 Å². The van der Waals surface area contributed by atoms with Gasteiger partial charge in [0.25, 0.3) is 5.91 Å². The highest BCUT2D eigenvalue weighted by Crippen LogP contribution is 2.09. The van der Waals surface area contributed by atoms with Crippen LogP contribution in [0.1, 0.15) is 27.0 Å². The van der Waals surface area contributed by atoms with Gasteiger partial charge in [-0.05, 0) is 42.7 Å². The molecule has 23 heavy (non-hydrogen) atoms. The molecular weight excluding hydrogens is 288 g/mol. The average Bonchev–Trinajstić information content (AvgIpc) is 2.55. The van der Waals surface area contributed by atoms with Gasteiger partial charge in [0.05, 0.1) is 6.54 Å². The fourth-order valence-corrected chi connectivity index (χ4v) is 2.22. The Labute approximate surface area is 137 Å². The maximum absolute atomic E-state index is 12.1. The lowest BCUT2D eigenvalue weighted by Crippen LogP contribution is -2.37. The minimum absolute atomic E-state index is 0.00487. The summed E-state index contributed by atoms with van der Waals surface area (Å²) in [4.78, 5) is 25.8. The molecule has 0 aromatic heterocycles. The lowest BCUT2D eigenvalue weighted by molar-refractivity contribution is -0.129. The largest absolute Gasteiger partial charge is 0.343 e. The van der Waals surface area contributed by atoms with Gasteiger partial charge in [0.2, 0.25) is 5.91 Å². The van der Waals surface area contributed by atoms with Crippen LogP contribution in [0, 0.1) is 13.8 Å². The van der Waals surface area contributed by atoms with Gasteiger partial charge in [0.15, 0.2) is 0 Å². The number of nitrogens with zero attached hydrogens (tertiary/aromatic N) is 1. The van der Waals surface area contributed by atoms with E-state index < -0.39 is 0 Å². The quantitative estimate of drug-likeness (QED) is 0.923. The highest BCUT2D eigenvalue weighted by atomic mass is 16.2. The summed E-state index contributed by atoms with van der Waals surface area (Å²) in [6.07, 6.45) is 0. The van der Waals surface area contributed by atoms with Crippen molar-refractivity contribution in [3.63, 3.8) is 0 Å². The van der Waals surface area contributed by atoms with Crippen LogP contribution < -0.4 is 5.32 Å². The third kappa shape index (κ3) is 4.68. The maximum Gasteiger partial charge on any atom is 0.251 e. The maximum atomic E-state index is 12.1. The van der Waals surface area contributed by atoms with Crippen LogP contribution in [-0.4, -0.2) is 30.3 Å². The number of amides is 2. The average molecular weight is 310 g/mol. The molecule has 4 nitrogen and oxygen atoms in total. The van der Waals surface area contributed by atoms with Crippen molar-refractivity contribution in [2.75, 3.05) is 13.6 Å². The third-order valence-electron chi connectivity index (χ3n) is 3.86. The number of likely N-dealkylation sites (N-methyl/N-ethyl adjacent to an activating group) is 1. The van der Waals surface area contributed by atoms with Crippen molar-refractivity contribution in [1.82, 2.24) is 10.2 Å². The minimum Gasteiger partial charge on any atom is -0.343 e. The van der Waals surface area contributed by atoms with Gasteiger partial charge >= 0.3 is 0 Å². The normalized spacial score (nSPS) is 10.2. The van der Waals surface area contributed by atoms with Crippen LogP contribution in [0.15, 0.2) is 48.5 Å². The molecule has 2 amide bonds. The summed E-state index contributed by atoms with van der Waals surface area (Å²) in [5, 5.41) is 2.68. The zero-order valence-electron chi connectivity index (χ0n) is 13.8. The smallest absolute Gasteiger partial charge is 0.251 e. The molecule has 0 fully saturated rings. The first kappa shape index (κ1) is 16.7. The van der Waals surface area contributed by atoms with E-state index in [0.717, 1.165) is 16.7 Å². The Morgan fingerprint density at radius 1 is 1.00 bits per heavy atom. The Kier molecular flexibility index (Phi) is 5.52. The molecule has 0 atom stereocenters. The summed E-state index contributed by atoms with van der Waals surface area (Å²) in [6, 6.07) is 15.3. The number of carbonyl (C=O) groups is 2. The van der Waals surface area contributed by atoms with E-state index in [0.29, 0.717) is 12.1 Å². The molecule has 0 saturated carbocycles. The zero-order chi connectivity index (χ0) is 16.8. The number of rotatable bonds is 5. The molecule has 2 aromatic rings. The Morgan fingerprint density at radius 3 is 2.35 bits per heavy atom. The van der Waals surface area contributed by atoms with E-state index in [1.165, 1.54) is 0 Å². The van der Waals surface area contributed by atoms with E-state index in [-0.39, 0.29) is 18.4 Å². The first-order valence-corrected chi connectivity index (χ1v) is 7.60. The van der Waals surface area contributed by atoms with Crippen LogP contribution >= 0.6 is 0 Å². The highest BCUT2D eigenvalue weighted by Gasteiger charge is 2.12. The zero-order valence-corrected chi connectivity index (χ0v) is 13.8. The number of hydrogen-bond acceptors (Lipinski definition) is 2. The van der Waals surface area contributed by atoms with E-state index in [4.69, 9.17) is 0 Å². The molecule has 0 heterocycles. The van der Waals surface area contributed by atoms with Gasteiger partial charge in [-0.3, -0.25) is 9.59 Å². The van der Waals surface area contributed by atoms with Crippen molar-refractivity contribution in [3.05, 3.63) is 70.8 Å². The Bertz CT molecular complexity index is 696. The molecule has 0 spiro atoms. The minimum atomic E-state index is -0.227. The van der Waals surface area contributed by atoms with E-state index >= 15 is 0 Å². The van der Waals surface area contributed by atoms with E-state index in [1.807, 2.05) is 56.3 Å². The second-order valence-corrected chi connectivity index (χ2v) is 5.72. The second-order valence-electron chi connectivity index (χ2n) is 5.72. The van der Waals surface area contributed by atoms with E-state index in [9.17, 15) is 9.59 Å². The molecule has 2 aromatic carbocycles. The van der Waals surface area contributed by atoms with Crippen LogP contribution in [0.3, 0.4) is 0 Å². The van der Waals surface area contributed by atoms with Gasteiger partial charge < -0.3 is 10.2 Å². The van der Waals surface area contributed by atoms with Crippen molar-refractivity contribution in [3.8, 4) is 0 Å². The van der Waals surface area contributed by atoms with Gasteiger partial charge in [-0.2, -0.15) is 0 Å². The Balaban J connectivity index is 1.88. The molecule has 0 saturated heterocycles. The standard InChI is InChI=1S/C19H22N2O2/c1-14-9-10-17(11-15(14)2)19(23)20-12-18(22)21(3)13-16-7-5-4-6-8-16/h4-11H,12-13H2,1-3H3,(H,20,23). The van der Waals surface area contributed by atoms with Crippen LogP contribution in [-0.2, 0) is 11.3 Å². The predicted octanol–water partition coefficient (Wildman–Crippen LogP) is 2.69. The van der Waals surface area contributed by atoms with Crippen molar-refractivity contribution < 1.29 is 9.59 Å². The molecule has 1 N–H and O–H groups in total. The molecule has 2 rings (SSSR count). The van der Waals surface area contributed by atoms with Gasteiger partial charge in [0.1, 0.15) is 0 Å². The van der Waals surface area contributed by atoms with Gasteiger partial charge in [-0.1, -0.05) is 36.4 Å². The topological polar surface area (TPSA) is 49.4 Å². The molecule has 0 aliphatic carbocycles. The van der Waals surface area contributed by atoms with Crippen LogP contribution in [0.2, 0.25) is 0 Å². The lowest BCUT2D eigenvalue weighted by atomic mass is 10.1. The SMILES string of the molecule is Cc1ccc(C(=O)NCC(=O)N(C)Cc2ccccc2)cc1C. The Hall–Kier alpha value is -2.62. The van der Waals surface area contributed by atoms with Gasteiger partial charge in [-0.25, -0.2) is 0 Å². The molecule has 120 valence electrons. The van der Waals surface area contributed by atoms with Crippen molar-refractivity contribution in [2.45, 2.75) is 20.4 Å². The predicted molar refractivity (Wildman–Crippen MR) is 91.2 cm³/mol. The first-order chi connectivity index (χ1) is 11.0. The van der Waals surface area contributed by atoms with Crippen molar-refractivity contribution >= 4 is 11.8 Å². The molecule has 4 heteroatoms. The van der Waals surface area contributed by atoms with E-state index in [2.05, 4.69) is 5.32 Å². The van der Waals surface area contributed by atoms with Gasteiger partial charge in [0, 0.05) is 19.2 Å². The van der Waals surface area contributed by atoms with Crippen LogP contribution in [0.5, 0.6) is 0 Å².